The van der Waals surface area contributed by atoms with Crippen LogP contribution in [0.4, 0.5) is 13.6 Å². The van der Waals surface area contributed by atoms with Crippen molar-refractivity contribution in [1.29, 1.82) is 0 Å². The fraction of sp³-hybridized carbons (Fsp3) is 0.381. The van der Waals surface area contributed by atoms with E-state index in [1.165, 1.54) is 6.20 Å². The molecule has 1 aromatic carbocycles. The highest BCUT2D eigenvalue weighted by Gasteiger charge is 2.59. The Morgan fingerprint density at radius 3 is 2.50 bits per heavy atom. The molecule has 0 N–H and O–H groups in total. The molecule has 30 heavy (non-hydrogen) atoms. The van der Waals surface area contributed by atoms with E-state index >= 15 is 0 Å². The summed E-state index contributed by atoms with van der Waals surface area (Å²) in [7, 11) is 0. The van der Waals surface area contributed by atoms with Crippen LogP contribution in [0.25, 0.3) is 11.3 Å². The van der Waals surface area contributed by atoms with Gasteiger partial charge < -0.3 is 9.53 Å². The van der Waals surface area contributed by atoms with Gasteiger partial charge in [0, 0.05) is 37.4 Å². The lowest BCUT2D eigenvalue weighted by Crippen LogP contribution is -2.47. The van der Waals surface area contributed by atoms with Crippen molar-refractivity contribution in [3.05, 3.63) is 47.7 Å². The molecule has 1 aliphatic carbocycles. The van der Waals surface area contributed by atoms with Gasteiger partial charge in [-0.3, -0.25) is 4.79 Å². The number of halogens is 2. The number of alkyl halides is 2. The largest absolute Gasteiger partial charge is 0.432 e. The topological polar surface area (TPSA) is 89.5 Å². The summed E-state index contributed by atoms with van der Waals surface area (Å²) >= 11 is 0. The maximum absolute atomic E-state index is 13.6. The number of imide groups is 1. The monoisotopic (exact) mass is 415 g/mol. The van der Waals surface area contributed by atoms with Gasteiger partial charge in [-0.2, -0.15) is 10.2 Å². The lowest BCUT2D eigenvalue weighted by molar-refractivity contribution is -0.148. The zero-order chi connectivity index (χ0) is 21.5. The van der Waals surface area contributed by atoms with Crippen LogP contribution in [-0.4, -0.2) is 44.9 Å². The number of nitrogens with zero attached hydrogens (tertiary/aromatic N) is 3. The van der Waals surface area contributed by atoms with Crippen LogP contribution in [0, 0.1) is 6.92 Å². The predicted molar refractivity (Wildman–Crippen MR) is 100 cm³/mol. The molecule has 4 rings (SSSR count). The maximum atomic E-state index is 13.6. The normalized spacial score (nSPS) is 20.8. The van der Waals surface area contributed by atoms with Crippen LogP contribution in [0.2, 0.25) is 0 Å². The number of aldehydes is 1. The molecule has 1 aliphatic heterocycles. The van der Waals surface area contributed by atoms with Gasteiger partial charge in [-0.25, -0.2) is 18.5 Å². The van der Waals surface area contributed by atoms with Crippen molar-refractivity contribution < 1.29 is 27.9 Å². The lowest BCUT2D eigenvalue weighted by Gasteiger charge is -2.33. The van der Waals surface area contributed by atoms with E-state index in [9.17, 15) is 23.2 Å². The summed E-state index contributed by atoms with van der Waals surface area (Å²) in [6, 6.07) is 7.22. The fourth-order valence-corrected chi connectivity index (χ4v) is 4.04. The highest BCUT2D eigenvalue weighted by atomic mass is 19.3. The molecule has 1 saturated carbocycles. The summed E-state index contributed by atoms with van der Waals surface area (Å²) in [6.45, 7) is 1.82. The SMILES string of the molecule is Cc1ccnnc1-c1ccccc1C(C=O)N1C(=O)OC2(CCC(F)(F)CC2)C1=O. The number of aryl methyl sites for hydroxylation is 1. The second kappa shape index (κ2) is 7.23. The highest BCUT2D eigenvalue weighted by molar-refractivity contribution is 6.05. The van der Waals surface area contributed by atoms with Crippen molar-refractivity contribution in [2.75, 3.05) is 0 Å². The zero-order valence-electron chi connectivity index (χ0n) is 16.2. The average molecular weight is 415 g/mol. The first-order chi connectivity index (χ1) is 14.3. The van der Waals surface area contributed by atoms with E-state index in [0.717, 1.165) is 10.5 Å². The number of hydrogen-bond acceptors (Lipinski definition) is 6. The Kier molecular flexibility index (Phi) is 4.83. The Morgan fingerprint density at radius 2 is 1.83 bits per heavy atom. The summed E-state index contributed by atoms with van der Waals surface area (Å²) in [6.07, 6.45) is -0.673. The minimum atomic E-state index is -2.90. The van der Waals surface area contributed by atoms with Gasteiger partial charge in [-0.05, 0) is 24.1 Å². The molecule has 1 spiro atoms. The molecule has 2 aromatic rings. The second-order valence-electron chi connectivity index (χ2n) is 7.62. The molecule has 0 radical (unpaired) electrons. The first-order valence-electron chi connectivity index (χ1n) is 9.55. The van der Waals surface area contributed by atoms with Crippen molar-refractivity contribution in [3.63, 3.8) is 0 Å². The molecule has 7 nitrogen and oxygen atoms in total. The average Bonchev–Trinajstić information content (AvgIpc) is 2.97. The molecule has 1 aromatic heterocycles. The van der Waals surface area contributed by atoms with E-state index in [4.69, 9.17) is 4.74 Å². The molecule has 156 valence electrons. The number of amides is 2. The molecule has 0 bridgehead atoms. The van der Waals surface area contributed by atoms with Gasteiger partial charge in [-0.15, -0.1) is 0 Å². The van der Waals surface area contributed by atoms with E-state index in [-0.39, 0.29) is 12.8 Å². The Labute approximate surface area is 171 Å². The van der Waals surface area contributed by atoms with E-state index in [0.29, 0.717) is 23.1 Å². The van der Waals surface area contributed by atoms with Gasteiger partial charge in [-0.1, -0.05) is 24.3 Å². The number of hydrogen-bond donors (Lipinski definition) is 0. The van der Waals surface area contributed by atoms with Crippen LogP contribution in [0.15, 0.2) is 36.5 Å². The second-order valence-corrected chi connectivity index (χ2v) is 7.62. The summed E-state index contributed by atoms with van der Waals surface area (Å²) in [4.78, 5) is 38.6. The molecule has 2 amide bonds. The van der Waals surface area contributed by atoms with Crippen molar-refractivity contribution in [2.24, 2.45) is 0 Å². The van der Waals surface area contributed by atoms with E-state index < -0.39 is 42.4 Å². The Bertz CT molecular complexity index is 1020. The van der Waals surface area contributed by atoms with Crippen LogP contribution in [0.3, 0.4) is 0 Å². The molecule has 2 fully saturated rings. The molecular weight excluding hydrogens is 396 g/mol. The van der Waals surface area contributed by atoms with E-state index in [1.807, 2.05) is 6.92 Å². The third-order valence-electron chi connectivity index (χ3n) is 5.74. The Hall–Kier alpha value is -3.23. The fourth-order valence-electron chi connectivity index (χ4n) is 4.04. The number of carbonyl (C=O) groups excluding carboxylic acids is 3. The summed E-state index contributed by atoms with van der Waals surface area (Å²) in [5, 5.41) is 8.00. The third kappa shape index (κ3) is 3.24. The molecule has 1 unspecified atom stereocenters. The number of ether oxygens (including phenoxy) is 1. The predicted octanol–water partition coefficient (Wildman–Crippen LogP) is 3.62. The highest BCUT2D eigenvalue weighted by Crippen LogP contribution is 2.46. The molecule has 2 aliphatic rings. The Balaban J connectivity index is 1.73. The van der Waals surface area contributed by atoms with Crippen molar-refractivity contribution in [3.8, 4) is 11.3 Å². The molecule has 2 heterocycles. The number of carbonyl (C=O) groups is 3. The van der Waals surface area contributed by atoms with E-state index in [1.54, 1.807) is 30.3 Å². The molecular formula is C21H19F2N3O4. The molecule has 9 heteroatoms. The Morgan fingerprint density at radius 1 is 1.13 bits per heavy atom. The van der Waals surface area contributed by atoms with Crippen molar-refractivity contribution in [2.45, 2.75) is 50.2 Å². The standard InChI is InChI=1S/C21H19F2N3O4/c1-13-6-11-24-25-17(13)15-5-3-2-4-14(15)16(12-27)26-18(28)20(30-19(26)29)7-9-21(22,23)10-8-20/h2-6,11-12,16H,7-10H2,1H3. The first kappa shape index (κ1) is 20.1. The van der Waals surface area contributed by atoms with Crippen molar-refractivity contribution in [1.82, 2.24) is 15.1 Å². The van der Waals surface area contributed by atoms with Crippen LogP contribution in [0.5, 0.6) is 0 Å². The maximum Gasteiger partial charge on any atom is 0.418 e. The summed E-state index contributed by atoms with van der Waals surface area (Å²) in [5.41, 5.74) is 0.573. The van der Waals surface area contributed by atoms with E-state index in [2.05, 4.69) is 10.2 Å². The van der Waals surface area contributed by atoms with Crippen LogP contribution >= 0.6 is 0 Å². The smallest absolute Gasteiger partial charge is 0.418 e. The van der Waals surface area contributed by atoms with Gasteiger partial charge >= 0.3 is 6.09 Å². The van der Waals surface area contributed by atoms with Gasteiger partial charge in [0.25, 0.3) is 5.91 Å². The van der Waals surface area contributed by atoms with Gasteiger partial charge in [0.1, 0.15) is 12.3 Å². The van der Waals surface area contributed by atoms with Crippen molar-refractivity contribution >= 4 is 18.3 Å². The number of benzene rings is 1. The summed E-state index contributed by atoms with van der Waals surface area (Å²) < 4.78 is 32.5. The lowest BCUT2D eigenvalue weighted by atomic mass is 9.82. The van der Waals surface area contributed by atoms with Gasteiger partial charge in [0.15, 0.2) is 5.60 Å². The zero-order valence-corrected chi connectivity index (χ0v) is 16.2. The molecule has 1 atom stereocenters. The quantitative estimate of drug-likeness (QED) is 0.709. The van der Waals surface area contributed by atoms with Gasteiger partial charge in [0.05, 0.1) is 5.69 Å². The first-order valence-corrected chi connectivity index (χ1v) is 9.55. The van der Waals surface area contributed by atoms with Crippen LogP contribution in [-0.2, 0) is 14.3 Å². The minimum Gasteiger partial charge on any atom is -0.432 e. The van der Waals surface area contributed by atoms with Crippen LogP contribution < -0.4 is 0 Å². The number of rotatable bonds is 4. The van der Waals surface area contributed by atoms with Gasteiger partial charge in [0.2, 0.25) is 5.92 Å². The summed E-state index contributed by atoms with van der Waals surface area (Å²) in [5.74, 6) is -3.66. The van der Waals surface area contributed by atoms with Crippen LogP contribution in [0.1, 0.15) is 42.9 Å². The molecule has 1 saturated heterocycles. The third-order valence-corrected chi connectivity index (χ3v) is 5.74. The number of aromatic nitrogens is 2. The minimum absolute atomic E-state index is 0.280.